The van der Waals surface area contributed by atoms with Gasteiger partial charge in [0.15, 0.2) is 0 Å². The average molecular weight is 453 g/mol. The van der Waals surface area contributed by atoms with Crippen molar-refractivity contribution < 1.29 is 14.3 Å². The van der Waals surface area contributed by atoms with E-state index in [-0.39, 0.29) is 11.8 Å². The lowest BCUT2D eigenvalue weighted by atomic mass is 10.1. The zero-order chi connectivity index (χ0) is 23.6. The number of carbonyl (C=O) groups excluding carboxylic acids is 2. The lowest BCUT2D eigenvalue weighted by Crippen LogP contribution is -2.38. The molecule has 0 radical (unpaired) electrons. The van der Waals surface area contributed by atoms with Crippen molar-refractivity contribution in [2.24, 2.45) is 5.73 Å². The number of carbonyl (C=O) groups is 2. The Labute approximate surface area is 197 Å². The zero-order valence-electron chi connectivity index (χ0n) is 19.8. The molecule has 0 unspecified atom stereocenters. The first-order valence-electron chi connectivity index (χ1n) is 11.7. The van der Waals surface area contributed by atoms with Crippen LogP contribution in [0.25, 0.3) is 0 Å². The molecule has 0 bridgehead atoms. The molecule has 2 aromatic carbocycles. The molecule has 7 nitrogen and oxygen atoms in total. The van der Waals surface area contributed by atoms with Crippen LogP contribution in [0.4, 0.5) is 5.69 Å². The van der Waals surface area contributed by atoms with Crippen molar-refractivity contribution in [3.63, 3.8) is 0 Å². The lowest BCUT2D eigenvalue weighted by molar-refractivity contribution is -0.132. The Hall–Kier alpha value is -2.90. The fraction of sp³-hybridized carbons (Fsp3) is 0.462. The van der Waals surface area contributed by atoms with Crippen molar-refractivity contribution >= 4 is 17.5 Å². The fourth-order valence-electron chi connectivity index (χ4n) is 4.28. The Balaban J connectivity index is 1.86. The molecule has 1 heterocycles. The maximum absolute atomic E-state index is 13.0. The summed E-state index contributed by atoms with van der Waals surface area (Å²) in [5.74, 6) is 0.953. The van der Waals surface area contributed by atoms with Gasteiger partial charge in [-0.3, -0.25) is 14.5 Å². The molecule has 3 rings (SSSR count). The summed E-state index contributed by atoms with van der Waals surface area (Å²) in [5, 5.41) is 0. The Morgan fingerprint density at radius 1 is 1.03 bits per heavy atom. The van der Waals surface area contributed by atoms with Crippen LogP contribution in [0.3, 0.4) is 0 Å². The van der Waals surface area contributed by atoms with Crippen LogP contribution in [0.1, 0.15) is 37.3 Å². The van der Waals surface area contributed by atoms with E-state index in [0.29, 0.717) is 39.0 Å². The predicted octanol–water partition coefficient (Wildman–Crippen LogP) is 3.02. The number of methoxy groups -OCH3 is 1. The van der Waals surface area contributed by atoms with Gasteiger partial charge < -0.3 is 20.3 Å². The monoisotopic (exact) mass is 452 g/mol. The van der Waals surface area contributed by atoms with Gasteiger partial charge in [-0.05, 0) is 48.7 Å². The van der Waals surface area contributed by atoms with Crippen molar-refractivity contribution in [2.75, 3.05) is 44.7 Å². The Bertz CT molecular complexity index is 933. The first kappa shape index (κ1) is 24.7. The summed E-state index contributed by atoms with van der Waals surface area (Å²) in [6.45, 7) is 6.20. The molecule has 1 aliphatic rings. The average Bonchev–Trinajstić information content (AvgIpc) is 2.85. The van der Waals surface area contributed by atoms with Gasteiger partial charge in [0, 0.05) is 58.3 Å². The Morgan fingerprint density at radius 2 is 1.85 bits per heavy atom. The van der Waals surface area contributed by atoms with Gasteiger partial charge in [-0.2, -0.15) is 0 Å². The van der Waals surface area contributed by atoms with Crippen molar-refractivity contribution in [3.8, 4) is 5.75 Å². The summed E-state index contributed by atoms with van der Waals surface area (Å²) < 4.78 is 5.38. The third-order valence-corrected chi connectivity index (χ3v) is 6.05. The molecule has 2 amide bonds. The highest BCUT2D eigenvalue weighted by atomic mass is 16.5. The van der Waals surface area contributed by atoms with Crippen LogP contribution in [-0.4, -0.2) is 61.4 Å². The van der Waals surface area contributed by atoms with Gasteiger partial charge in [0.2, 0.25) is 11.8 Å². The van der Waals surface area contributed by atoms with E-state index in [1.165, 1.54) is 0 Å². The van der Waals surface area contributed by atoms with Crippen LogP contribution in [0, 0.1) is 0 Å². The molecular formula is C26H36N4O3. The molecule has 7 heteroatoms. The quantitative estimate of drug-likeness (QED) is 0.729. The molecule has 0 atom stereocenters. The Morgan fingerprint density at radius 3 is 2.61 bits per heavy atom. The molecule has 33 heavy (non-hydrogen) atoms. The summed E-state index contributed by atoms with van der Waals surface area (Å²) in [4.78, 5) is 31.7. The van der Waals surface area contributed by atoms with Gasteiger partial charge in [0.25, 0.3) is 0 Å². The fourth-order valence-corrected chi connectivity index (χ4v) is 4.28. The van der Waals surface area contributed by atoms with Crippen LogP contribution in [0.15, 0.2) is 48.5 Å². The van der Waals surface area contributed by atoms with Crippen LogP contribution in [0.5, 0.6) is 5.75 Å². The smallest absolute Gasteiger partial charge is 0.223 e. The number of nitrogens with zero attached hydrogens (tertiary/aromatic N) is 3. The topological polar surface area (TPSA) is 79.1 Å². The second kappa shape index (κ2) is 12.4. The number of para-hydroxylation sites is 1. The van der Waals surface area contributed by atoms with Crippen molar-refractivity contribution in [1.29, 1.82) is 0 Å². The van der Waals surface area contributed by atoms with E-state index < -0.39 is 0 Å². The van der Waals surface area contributed by atoms with Gasteiger partial charge in [-0.25, -0.2) is 0 Å². The SMILES string of the molecule is COc1cccc(CN2CCCN(C(C)=O)c3ccccc3CN(C(=O)CCCN)CC2)c1. The molecule has 0 aliphatic carbocycles. The van der Waals surface area contributed by atoms with E-state index in [4.69, 9.17) is 10.5 Å². The van der Waals surface area contributed by atoms with Crippen LogP contribution in [0.2, 0.25) is 0 Å². The minimum Gasteiger partial charge on any atom is -0.497 e. The highest BCUT2D eigenvalue weighted by Crippen LogP contribution is 2.24. The van der Waals surface area contributed by atoms with Crippen molar-refractivity contribution in [1.82, 2.24) is 9.80 Å². The summed E-state index contributed by atoms with van der Waals surface area (Å²) in [6, 6.07) is 16.0. The normalized spacial score (nSPS) is 15.5. The standard InChI is InChI=1S/C26H36N4O3/c1-21(31)30-15-7-14-28(19-22-8-5-10-24(18-22)33-2)16-17-29(26(32)12-6-13-27)20-23-9-3-4-11-25(23)30/h3-5,8-11,18H,6-7,12-17,19-20,27H2,1-2H3. The minimum atomic E-state index is 0.0158. The molecule has 2 aromatic rings. The summed E-state index contributed by atoms with van der Waals surface area (Å²) in [6.07, 6.45) is 1.95. The van der Waals surface area contributed by atoms with Gasteiger partial charge in [-0.15, -0.1) is 0 Å². The predicted molar refractivity (Wildman–Crippen MR) is 131 cm³/mol. The lowest BCUT2D eigenvalue weighted by Gasteiger charge is -2.28. The second-order valence-electron chi connectivity index (χ2n) is 8.49. The number of ether oxygens (including phenoxy) is 1. The maximum Gasteiger partial charge on any atom is 0.223 e. The van der Waals surface area contributed by atoms with E-state index in [9.17, 15) is 9.59 Å². The third-order valence-electron chi connectivity index (χ3n) is 6.05. The number of benzene rings is 2. The molecule has 2 N–H and O–H groups in total. The summed E-state index contributed by atoms with van der Waals surface area (Å²) in [7, 11) is 1.67. The first-order valence-corrected chi connectivity index (χ1v) is 11.7. The van der Waals surface area contributed by atoms with Crippen LogP contribution >= 0.6 is 0 Å². The van der Waals surface area contributed by atoms with Crippen LogP contribution < -0.4 is 15.4 Å². The molecule has 0 saturated carbocycles. The number of fused-ring (bicyclic) bond motifs is 1. The number of nitrogens with two attached hydrogens (primary N) is 1. The number of amides is 2. The van der Waals surface area contributed by atoms with E-state index >= 15 is 0 Å². The molecule has 0 saturated heterocycles. The molecule has 0 aromatic heterocycles. The van der Waals surface area contributed by atoms with Crippen molar-refractivity contribution in [3.05, 3.63) is 59.7 Å². The number of rotatable bonds is 6. The molecule has 178 valence electrons. The molecule has 1 aliphatic heterocycles. The van der Waals surface area contributed by atoms with Crippen molar-refractivity contribution in [2.45, 2.75) is 39.3 Å². The number of hydrogen-bond acceptors (Lipinski definition) is 5. The van der Waals surface area contributed by atoms with Crippen LogP contribution in [-0.2, 0) is 22.7 Å². The van der Waals surface area contributed by atoms with E-state index in [1.807, 2.05) is 52.3 Å². The highest BCUT2D eigenvalue weighted by Gasteiger charge is 2.22. The maximum atomic E-state index is 13.0. The third kappa shape index (κ3) is 7.04. The zero-order valence-corrected chi connectivity index (χ0v) is 19.8. The molecule has 0 fully saturated rings. The van der Waals surface area contributed by atoms with E-state index in [0.717, 1.165) is 48.6 Å². The summed E-state index contributed by atoms with van der Waals surface area (Å²) in [5.41, 5.74) is 8.71. The summed E-state index contributed by atoms with van der Waals surface area (Å²) >= 11 is 0. The van der Waals surface area contributed by atoms with E-state index in [2.05, 4.69) is 11.0 Å². The number of anilines is 1. The number of hydrogen-bond donors (Lipinski definition) is 1. The second-order valence-corrected chi connectivity index (χ2v) is 8.49. The van der Waals surface area contributed by atoms with E-state index in [1.54, 1.807) is 14.0 Å². The molecule has 0 spiro atoms. The highest BCUT2D eigenvalue weighted by molar-refractivity contribution is 5.92. The van der Waals surface area contributed by atoms with Gasteiger partial charge in [-0.1, -0.05) is 30.3 Å². The Kier molecular flexibility index (Phi) is 9.27. The van der Waals surface area contributed by atoms with Gasteiger partial charge >= 0.3 is 0 Å². The molecular weight excluding hydrogens is 416 g/mol. The first-order chi connectivity index (χ1) is 16.0. The van der Waals surface area contributed by atoms with Gasteiger partial charge in [0.1, 0.15) is 5.75 Å². The minimum absolute atomic E-state index is 0.0158. The largest absolute Gasteiger partial charge is 0.497 e. The van der Waals surface area contributed by atoms with Gasteiger partial charge in [0.05, 0.1) is 7.11 Å².